The van der Waals surface area contributed by atoms with Crippen LogP contribution in [0.1, 0.15) is 25.1 Å². The van der Waals surface area contributed by atoms with Crippen molar-refractivity contribution in [2.45, 2.75) is 26.2 Å². The fraction of sp³-hybridized carbons (Fsp3) is 0.333. The fourth-order valence-electron chi connectivity index (χ4n) is 2.88. The number of H-pyrrole nitrogens is 1. The van der Waals surface area contributed by atoms with Crippen molar-refractivity contribution in [3.05, 3.63) is 29.5 Å². The quantitative estimate of drug-likeness (QED) is 0.834. The maximum atomic E-state index is 12.3. The van der Waals surface area contributed by atoms with E-state index in [4.69, 9.17) is 5.73 Å². The average molecular weight is 270 g/mol. The highest BCUT2D eigenvalue weighted by Crippen LogP contribution is 2.42. The summed E-state index contributed by atoms with van der Waals surface area (Å²) in [5, 5.41) is 0. The molecule has 1 aromatic carbocycles. The highest BCUT2D eigenvalue weighted by Gasteiger charge is 2.42. The highest BCUT2D eigenvalue weighted by atomic mass is 16.2. The number of nitrogens with zero attached hydrogens (tertiary/aromatic N) is 2. The maximum absolute atomic E-state index is 12.3. The summed E-state index contributed by atoms with van der Waals surface area (Å²) in [5.41, 5.74) is 9.93. The predicted octanol–water partition coefficient (Wildman–Crippen LogP) is 2.22. The second-order valence-electron chi connectivity index (χ2n) is 5.82. The zero-order valence-electron chi connectivity index (χ0n) is 12.1. The van der Waals surface area contributed by atoms with Gasteiger partial charge in [-0.05, 0) is 38.5 Å². The lowest BCUT2D eigenvalue weighted by Crippen LogP contribution is -2.33. The van der Waals surface area contributed by atoms with Gasteiger partial charge in [0, 0.05) is 24.0 Å². The smallest absolute Gasteiger partial charge is 0.236 e. The molecule has 3 rings (SSSR count). The molecule has 2 aromatic rings. The van der Waals surface area contributed by atoms with Gasteiger partial charge in [0.2, 0.25) is 5.91 Å². The molecule has 2 heterocycles. The number of amides is 1. The van der Waals surface area contributed by atoms with E-state index >= 15 is 0 Å². The van der Waals surface area contributed by atoms with Crippen LogP contribution in [0.15, 0.2) is 18.2 Å². The number of nitrogens with one attached hydrogen (secondary N) is 1. The van der Waals surface area contributed by atoms with Gasteiger partial charge in [-0.2, -0.15) is 0 Å². The molecule has 1 aromatic heterocycles. The van der Waals surface area contributed by atoms with E-state index in [0.717, 1.165) is 28.2 Å². The fourth-order valence-corrected chi connectivity index (χ4v) is 2.88. The zero-order chi connectivity index (χ0) is 14.7. The van der Waals surface area contributed by atoms with Gasteiger partial charge in [0.1, 0.15) is 0 Å². The number of fused-ring (bicyclic) bond motifs is 1. The molecular formula is C15H18N4O. The molecule has 104 valence electrons. The second-order valence-corrected chi connectivity index (χ2v) is 5.82. The van der Waals surface area contributed by atoms with Crippen LogP contribution in [0.2, 0.25) is 0 Å². The first-order valence-electron chi connectivity index (χ1n) is 6.57. The monoisotopic (exact) mass is 270 g/mol. The number of rotatable bonds is 1. The molecule has 3 N–H and O–H groups in total. The summed E-state index contributed by atoms with van der Waals surface area (Å²) < 4.78 is 0. The van der Waals surface area contributed by atoms with Crippen LogP contribution >= 0.6 is 0 Å². The first kappa shape index (κ1) is 12.7. The van der Waals surface area contributed by atoms with Gasteiger partial charge in [0.15, 0.2) is 5.95 Å². The molecule has 5 heteroatoms. The van der Waals surface area contributed by atoms with Crippen molar-refractivity contribution >= 4 is 17.5 Å². The molecule has 0 saturated heterocycles. The Balaban J connectivity index is 2.18. The van der Waals surface area contributed by atoms with Gasteiger partial charge in [-0.1, -0.05) is 6.07 Å². The highest BCUT2D eigenvalue weighted by molar-refractivity contribution is 6.07. The van der Waals surface area contributed by atoms with Crippen LogP contribution in [0.3, 0.4) is 0 Å². The molecule has 0 spiro atoms. The number of benzene rings is 1. The Morgan fingerprint density at radius 1 is 1.35 bits per heavy atom. The minimum absolute atomic E-state index is 0.114. The number of hydrogen-bond donors (Lipinski definition) is 2. The number of aryl methyl sites for hydroxylation is 1. The van der Waals surface area contributed by atoms with Crippen LogP contribution in [-0.4, -0.2) is 22.9 Å². The Morgan fingerprint density at radius 3 is 2.65 bits per heavy atom. The molecule has 1 aliphatic rings. The number of anilines is 2. The van der Waals surface area contributed by atoms with Crippen LogP contribution in [0, 0.1) is 6.92 Å². The van der Waals surface area contributed by atoms with Crippen LogP contribution in [0.25, 0.3) is 11.3 Å². The lowest BCUT2D eigenvalue weighted by atomic mass is 9.85. The summed E-state index contributed by atoms with van der Waals surface area (Å²) in [7, 11) is 1.81. The lowest BCUT2D eigenvalue weighted by molar-refractivity contribution is -0.121. The number of aromatic nitrogens is 2. The van der Waals surface area contributed by atoms with Gasteiger partial charge in [-0.25, -0.2) is 4.98 Å². The Labute approximate surface area is 117 Å². The summed E-state index contributed by atoms with van der Waals surface area (Å²) in [5.74, 6) is 0.522. The molecule has 0 unspecified atom stereocenters. The van der Waals surface area contributed by atoms with E-state index < -0.39 is 5.41 Å². The van der Waals surface area contributed by atoms with Crippen LogP contribution in [0.5, 0.6) is 0 Å². The molecular weight excluding hydrogens is 252 g/mol. The van der Waals surface area contributed by atoms with Gasteiger partial charge < -0.3 is 15.6 Å². The standard InChI is InChI=1S/C15H18N4O/c1-8-12(18-14(16)17-8)9-5-6-11-10(7-9)15(2,3)13(20)19(11)4/h5-7H,1-4H3,(H3,16,17,18). The maximum Gasteiger partial charge on any atom is 0.236 e. The molecule has 1 amide bonds. The van der Waals surface area contributed by atoms with E-state index in [1.54, 1.807) is 4.90 Å². The third-order valence-corrected chi connectivity index (χ3v) is 4.05. The lowest BCUT2D eigenvalue weighted by Gasteiger charge is -2.16. The zero-order valence-corrected chi connectivity index (χ0v) is 12.1. The Hall–Kier alpha value is -2.30. The number of nitrogen functional groups attached to an aromatic ring is 1. The molecule has 0 aliphatic carbocycles. The number of likely N-dealkylation sites (N-methyl/N-ethyl adjacent to an activating group) is 1. The third-order valence-electron chi connectivity index (χ3n) is 4.05. The summed E-state index contributed by atoms with van der Waals surface area (Å²) in [6.07, 6.45) is 0. The van der Waals surface area contributed by atoms with Gasteiger partial charge in [-0.15, -0.1) is 0 Å². The molecule has 0 atom stereocenters. The van der Waals surface area contributed by atoms with Crippen molar-refractivity contribution < 1.29 is 4.79 Å². The van der Waals surface area contributed by atoms with Crippen molar-refractivity contribution in [2.75, 3.05) is 17.7 Å². The van der Waals surface area contributed by atoms with E-state index in [0.29, 0.717) is 5.95 Å². The molecule has 0 bridgehead atoms. The number of nitrogens with two attached hydrogens (primary N) is 1. The van der Waals surface area contributed by atoms with Crippen LogP contribution in [0.4, 0.5) is 11.6 Å². The third kappa shape index (κ3) is 1.56. The van der Waals surface area contributed by atoms with Gasteiger partial charge in [0.05, 0.1) is 11.1 Å². The van der Waals surface area contributed by atoms with Gasteiger partial charge in [-0.3, -0.25) is 4.79 Å². The predicted molar refractivity (Wildman–Crippen MR) is 79.6 cm³/mol. The topological polar surface area (TPSA) is 75.0 Å². The van der Waals surface area contributed by atoms with Gasteiger partial charge in [0.25, 0.3) is 0 Å². The summed E-state index contributed by atoms with van der Waals surface area (Å²) in [6, 6.07) is 5.99. The first-order chi connectivity index (χ1) is 9.32. The Bertz CT molecular complexity index is 715. The molecule has 0 fully saturated rings. The van der Waals surface area contributed by atoms with E-state index in [1.165, 1.54) is 0 Å². The normalized spacial score (nSPS) is 16.6. The number of hydrogen-bond acceptors (Lipinski definition) is 3. The van der Waals surface area contributed by atoms with Crippen LogP contribution < -0.4 is 10.6 Å². The first-order valence-corrected chi connectivity index (χ1v) is 6.57. The molecule has 5 nitrogen and oxygen atoms in total. The minimum Gasteiger partial charge on any atom is -0.369 e. The van der Waals surface area contributed by atoms with Crippen molar-refractivity contribution in [1.82, 2.24) is 9.97 Å². The SMILES string of the molecule is Cc1[nH]c(N)nc1-c1ccc2c(c1)C(C)(C)C(=O)N2C. The van der Waals surface area contributed by atoms with Crippen molar-refractivity contribution in [1.29, 1.82) is 0 Å². The van der Waals surface area contributed by atoms with E-state index in [2.05, 4.69) is 9.97 Å². The number of aromatic amines is 1. The number of imidazole rings is 1. The number of carbonyl (C=O) groups is 1. The van der Waals surface area contributed by atoms with Gasteiger partial charge >= 0.3 is 0 Å². The average Bonchev–Trinajstić information content (AvgIpc) is 2.82. The summed E-state index contributed by atoms with van der Waals surface area (Å²) >= 11 is 0. The van der Waals surface area contributed by atoms with Crippen molar-refractivity contribution in [3.63, 3.8) is 0 Å². The van der Waals surface area contributed by atoms with E-state index in [9.17, 15) is 4.79 Å². The molecule has 20 heavy (non-hydrogen) atoms. The Kier molecular flexibility index (Phi) is 2.45. The number of carbonyl (C=O) groups excluding carboxylic acids is 1. The summed E-state index contributed by atoms with van der Waals surface area (Å²) in [4.78, 5) is 21.3. The van der Waals surface area contributed by atoms with E-state index in [1.807, 2.05) is 46.0 Å². The molecule has 1 aliphatic heterocycles. The van der Waals surface area contributed by atoms with Crippen molar-refractivity contribution in [2.24, 2.45) is 0 Å². The summed E-state index contributed by atoms with van der Waals surface area (Å²) in [6.45, 7) is 5.84. The Morgan fingerprint density at radius 2 is 2.05 bits per heavy atom. The molecule has 0 radical (unpaired) electrons. The minimum atomic E-state index is -0.504. The van der Waals surface area contributed by atoms with Crippen LogP contribution in [-0.2, 0) is 10.2 Å². The molecule has 0 saturated carbocycles. The second kappa shape index (κ2) is 3.85. The van der Waals surface area contributed by atoms with E-state index in [-0.39, 0.29) is 5.91 Å². The largest absolute Gasteiger partial charge is 0.369 e. The van der Waals surface area contributed by atoms with Crippen molar-refractivity contribution in [3.8, 4) is 11.3 Å².